The fraction of sp³-hybridized carbons (Fsp3) is 1.00. The molecule has 0 aromatic carbocycles. The van der Waals surface area contributed by atoms with Gasteiger partial charge in [-0.3, -0.25) is 0 Å². The van der Waals surface area contributed by atoms with E-state index in [1.807, 2.05) is 0 Å². The van der Waals surface area contributed by atoms with Gasteiger partial charge in [-0.05, 0) is 51.1 Å². The SMILES string of the molecule is CCNC(CO)(CN(C)CC1CCCOC1)C1CC1. The second-order valence-corrected chi connectivity index (χ2v) is 6.40. The van der Waals surface area contributed by atoms with E-state index in [-0.39, 0.29) is 12.1 Å². The van der Waals surface area contributed by atoms with Gasteiger partial charge >= 0.3 is 0 Å². The Hall–Kier alpha value is -0.160. The normalized spacial score (nSPS) is 27.5. The van der Waals surface area contributed by atoms with E-state index >= 15 is 0 Å². The van der Waals surface area contributed by atoms with Crippen LogP contribution in [0.4, 0.5) is 0 Å². The third kappa shape index (κ3) is 4.15. The molecule has 1 aliphatic carbocycles. The van der Waals surface area contributed by atoms with Gasteiger partial charge in [-0.25, -0.2) is 0 Å². The standard InChI is InChI=1S/C15H30N2O2/c1-3-16-15(12-18,14-6-7-14)11-17(2)9-13-5-4-8-19-10-13/h13-14,16,18H,3-12H2,1-2H3. The maximum Gasteiger partial charge on any atom is 0.0628 e. The quantitative estimate of drug-likeness (QED) is 0.693. The highest BCUT2D eigenvalue weighted by Gasteiger charge is 2.44. The molecule has 4 heteroatoms. The van der Waals surface area contributed by atoms with Crippen LogP contribution in [0.5, 0.6) is 0 Å². The van der Waals surface area contributed by atoms with Crippen LogP contribution in [0.3, 0.4) is 0 Å². The maximum absolute atomic E-state index is 9.86. The number of hydrogen-bond acceptors (Lipinski definition) is 4. The van der Waals surface area contributed by atoms with Crippen molar-refractivity contribution in [2.75, 3.05) is 46.5 Å². The van der Waals surface area contributed by atoms with E-state index in [9.17, 15) is 5.11 Å². The number of ether oxygens (including phenoxy) is 1. The fourth-order valence-electron chi connectivity index (χ4n) is 3.49. The molecule has 0 spiro atoms. The molecule has 1 heterocycles. The number of rotatable bonds is 8. The fourth-order valence-corrected chi connectivity index (χ4v) is 3.49. The summed E-state index contributed by atoms with van der Waals surface area (Å²) in [7, 11) is 2.18. The van der Waals surface area contributed by atoms with Crippen molar-refractivity contribution < 1.29 is 9.84 Å². The van der Waals surface area contributed by atoms with Crippen LogP contribution in [0, 0.1) is 11.8 Å². The minimum absolute atomic E-state index is 0.0843. The van der Waals surface area contributed by atoms with E-state index in [4.69, 9.17) is 4.74 Å². The maximum atomic E-state index is 9.86. The second kappa shape index (κ2) is 7.02. The van der Waals surface area contributed by atoms with Gasteiger partial charge in [-0.15, -0.1) is 0 Å². The van der Waals surface area contributed by atoms with Gasteiger partial charge in [0, 0.05) is 19.7 Å². The molecule has 0 bridgehead atoms. The zero-order valence-corrected chi connectivity index (χ0v) is 12.5. The summed E-state index contributed by atoms with van der Waals surface area (Å²) in [5.74, 6) is 1.32. The summed E-state index contributed by atoms with van der Waals surface area (Å²) >= 11 is 0. The van der Waals surface area contributed by atoms with Crippen molar-refractivity contribution in [3.63, 3.8) is 0 Å². The van der Waals surface area contributed by atoms with Gasteiger partial charge in [0.1, 0.15) is 0 Å². The molecular weight excluding hydrogens is 240 g/mol. The van der Waals surface area contributed by atoms with E-state index in [2.05, 4.69) is 24.2 Å². The lowest BCUT2D eigenvalue weighted by atomic mass is 9.92. The molecule has 1 saturated heterocycles. The van der Waals surface area contributed by atoms with Gasteiger partial charge < -0.3 is 20.1 Å². The monoisotopic (exact) mass is 270 g/mol. The number of aliphatic hydroxyl groups excluding tert-OH is 1. The third-order valence-electron chi connectivity index (χ3n) is 4.55. The van der Waals surface area contributed by atoms with Crippen LogP contribution in [0.15, 0.2) is 0 Å². The molecule has 19 heavy (non-hydrogen) atoms. The predicted molar refractivity (Wildman–Crippen MR) is 77.3 cm³/mol. The molecule has 2 rings (SSSR count). The number of nitrogens with one attached hydrogen (secondary N) is 1. The summed E-state index contributed by atoms with van der Waals surface area (Å²) < 4.78 is 5.56. The molecule has 0 radical (unpaired) electrons. The average Bonchev–Trinajstić information content (AvgIpc) is 3.24. The summed E-state index contributed by atoms with van der Waals surface area (Å²) in [5, 5.41) is 13.4. The molecular formula is C15H30N2O2. The molecule has 0 amide bonds. The molecule has 1 aliphatic heterocycles. The lowest BCUT2D eigenvalue weighted by Gasteiger charge is -2.38. The Morgan fingerprint density at radius 3 is 2.68 bits per heavy atom. The molecule has 112 valence electrons. The van der Waals surface area contributed by atoms with Crippen molar-refractivity contribution in [1.82, 2.24) is 10.2 Å². The topological polar surface area (TPSA) is 44.7 Å². The van der Waals surface area contributed by atoms with E-state index < -0.39 is 0 Å². The highest BCUT2D eigenvalue weighted by atomic mass is 16.5. The van der Waals surface area contributed by atoms with Gasteiger partial charge in [0.2, 0.25) is 0 Å². The number of aliphatic hydroxyl groups is 1. The highest BCUT2D eigenvalue weighted by molar-refractivity contribution is 5.02. The predicted octanol–water partition coefficient (Wildman–Crippen LogP) is 1.10. The Morgan fingerprint density at radius 1 is 1.37 bits per heavy atom. The lowest BCUT2D eigenvalue weighted by Crippen LogP contribution is -2.58. The van der Waals surface area contributed by atoms with Gasteiger partial charge in [0.25, 0.3) is 0 Å². The highest BCUT2D eigenvalue weighted by Crippen LogP contribution is 2.40. The van der Waals surface area contributed by atoms with Crippen LogP contribution in [0.1, 0.15) is 32.6 Å². The zero-order chi connectivity index (χ0) is 13.7. The van der Waals surface area contributed by atoms with Crippen LogP contribution < -0.4 is 5.32 Å². The van der Waals surface area contributed by atoms with E-state index in [0.29, 0.717) is 11.8 Å². The molecule has 4 nitrogen and oxygen atoms in total. The van der Waals surface area contributed by atoms with Gasteiger partial charge in [-0.2, -0.15) is 0 Å². The molecule has 0 aromatic rings. The summed E-state index contributed by atoms with van der Waals surface area (Å²) in [6.45, 7) is 7.16. The van der Waals surface area contributed by atoms with Crippen LogP contribution in [-0.4, -0.2) is 62.0 Å². The summed E-state index contributed by atoms with van der Waals surface area (Å²) in [5.41, 5.74) is -0.0843. The van der Waals surface area contributed by atoms with Crippen LogP contribution in [0.25, 0.3) is 0 Å². The van der Waals surface area contributed by atoms with Crippen molar-refractivity contribution >= 4 is 0 Å². The average molecular weight is 270 g/mol. The van der Waals surface area contributed by atoms with Crippen molar-refractivity contribution in [1.29, 1.82) is 0 Å². The Labute approximate surface area is 117 Å². The molecule has 2 N–H and O–H groups in total. The van der Waals surface area contributed by atoms with E-state index in [1.165, 1.54) is 25.7 Å². The first-order chi connectivity index (χ1) is 9.20. The van der Waals surface area contributed by atoms with Crippen molar-refractivity contribution in [2.24, 2.45) is 11.8 Å². The second-order valence-electron chi connectivity index (χ2n) is 6.40. The number of hydrogen-bond donors (Lipinski definition) is 2. The first-order valence-corrected chi connectivity index (χ1v) is 7.82. The van der Waals surface area contributed by atoms with Gasteiger partial charge in [0.15, 0.2) is 0 Å². The number of nitrogens with zero attached hydrogens (tertiary/aromatic N) is 1. The smallest absolute Gasteiger partial charge is 0.0628 e. The molecule has 2 atom stereocenters. The summed E-state index contributed by atoms with van der Waals surface area (Å²) in [6, 6.07) is 0. The van der Waals surface area contributed by atoms with E-state index in [0.717, 1.165) is 32.8 Å². The van der Waals surface area contributed by atoms with Crippen LogP contribution in [-0.2, 0) is 4.74 Å². The lowest BCUT2D eigenvalue weighted by molar-refractivity contribution is 0.0320. The Kier molecular flexibility index (Phi) is 5.63. The Morgan fingerprint density at radius 2 is 2.16 bits per heavy atom. The summed E-state index contributed by atoms with van der Waals surface area (Å²) in [6.07, 6.45) is 4.99. The molecule has 0 aromatic heterocycles. The van der Waals surface area contributed by atoms with Crippen molar-refractivity contribution in [3.05, 3.63) is 0 Å². The van der Waals surface area contributed by atoms with Gasteiger partial charge in [0.05, 0.1) is 18.8 Å². The molecule has 2 aliphatic rings. The molecule has 2 unspecified atom stereocenters. The number of likely N-dealkylation sites (N-methyl/N-ethyl adjacent to an activating group) is 2. The zero-order valence-electron chi connectivity index (χ0n) is 12.5. The summed E-state index contributed by atoms with van der Waals surface area (Å²) in [4.78, 5) is 2.39. The molecule has 1 saturated carbocycles. The van der Waals surface area contributed by atoms with E-state index in [1.54, 1.807) is 0 Å². The third-order valence-corrected chi connectivity index (χ3v) is 4.55. The minimum atomic E-state index is -0.0843. The van der Waals surface area contributed by atoms with Crippen LogP contribution in [0.2, 0.25) is 0 Å². The van der Waals surface area contributed by atoms with Crippen LogP contribution >= 0.6 is 0 Å². The molecule has 2 fully saturated rings. The largest absolute Gasteiger partial charge is 0.394 e. The van der Waals surface area contributed by atoms with Crippen molar-refractivity contribution in [2.45, 2.75) is 38.1 Å². The Balaban J connectivity index is 1.84. The first-order valence-electron chi connectivity index (χ1n) is 7.82. The first kappa shape index (κ1) is 15.2. The minimum Gasteiger partial charge on any atom is -0.394 e. The van der Waals surface area contributed by atoms with Crippen molar-refractivity contribution in [3.8, 4) is 0 Å². The van der Waals surface area contributed by atoms with Gasteiger partial charge in [-0.1, -0.05) is 6.92 Å². The Bertz CT molecular complexity index is 265.